The van der Waals surface area contributed by atoms with Gasteiger partial charge in [0.05, 0.1) is 11.5 Å². The van der Waals surface area contributed by atoms with E-state index in [4.69, 9.17) is 16.3 Å². The highest BCUT2D eigenvalue weighted by Gasteiger charge is 2.32. The fourth-order valence-electron chi connectivity index (χ4n) is 2.53. The van der Waals surface area contributed by atoms with Crippen LogP contribution < -0.4 is 0 Å². The molecule has 2 aromatic rings. The van der Waals surface area contributed by atoms with Crippen molar-refractivity contribution < 1.29 is 4.74 Å². The highest BCUT2D eigenvalue weighted by Crippen LogP contribution is 2.37. The molecule has 1 saturated carbocycles. The smallest absolute Gasteiger partial charge is 0.145 e. The monoisotopic (exact) mass is 279 g/mol. The standard InChI is InChI=1S/C14H18ClN3O/c1-2-3-6-19-11-7-10(8-11)18-5-4-12-13(15)16-9-17-14(12)18/h4-5,9-11H,2-3,6-8H2,1H3. The van der Waals surface area contributed by atoms with Crippen molar-refractivity contribution in [2.24, 2.45) is 0 Å². The number of fused-ring (bicyclic) bond motifs is 1. The fraction of sp³-hybridized carbons (Fsp3) is 0.571. The molecule has 0 aromatic carbocycles. The molecule has 0 amide bonds. The predicted octanol–water partition coefficient (Wildman–Crippen LogP) is 3.60. The molecule has 0 spiro atoms. The van der Waals surface area contributed by atoms with Crippen LogP contribution in [0.25, 0.3) is 11.0 Å². The summed E-state index contributed by atoms with van der Waals surface area (Å²) in [6, 6.07) is 2.47. The van der Waals surface area contributed by atoms with Gasteiger partial charge in [-0.15, -0.1) is 0 Å². The molecule has 0 bridgehead atoms. The fourth-order valence-corrected chi connectivity index (χ4v) is 2.72. The molecule has 1 fully saturated rings. The second-order valence-electron chi connectivity index (χ2n) is 5.10. The molecule has 2 aromatic heterocycles. The molecule has 5 heteroatoms. The van der Waals surface area contributed by atoms with E-state index in [0.717, 1.165) is 36.9 Å². The van der Waals surface area contributed by atoms with Crippen LogP contribution in [0.5, 0.6) is 0 Å². The summed E-state index contributed by atoms with van der Waals surface area (Å²) in [5.74, 6) is 0. The maximum Gasteiger partial charge on any atom is 0.145 e. The zero-order chi connectivity index (χ0) is 13.2. The Hall–Kier alpha value is -1.13. The van der Waals surface area contributed by atoms with E-state index in [9.17, 15) is 0 Å². The molecule has 1 aliphatic rings. The van der Waals surface area contributed by atoms with E-state index in [0.29, 0.717) is 17.3 Å². The van der Waals surface area contributed by atoms with Gasteiger partial charge in [0.25, 0.3) is 0 Å². The molecule has 1 aliphatic carbocycles. The van der Waals surface area contributed by atoms with Crippen LogP contribution in [-0.2, 0) is 4.74 Å². The first kappa shape index (κ1) is 12.9. The maximum atomic E-state index is 6.06. The second-order valence-corrected chi connectivity index (χ2v) is 5.45. The molecule has 0 saturated heterocycles. The first-order chi connectivity index (χ1) is 9.29. The maximum absolute atomic E-state index is 6.06. The molecule has 19 heavy (non-hydrogen) atoms. The van der Waals surface area contributed by atoms with E-state index in [1.54, 1.807) is 0 Å². The minimum absolute atomic E-state index is 0.409. The highest BCUT2D eigenvalue weighted by molar-refractivity contribution is 6.33. The topological polar surface area (TPSA) is 39.9 Å². The largest absolute Gasteiger partial charge is 0.378 e. The summed E-state index contributed by atoms with van der Waals surface area (Å²) in [6.45, 7) is 3.07. The summed E-state index contributed by atoms with van der Waals surface area (Å²) >= 11 is 6.06. The molecular formula is C14H18ClN3O. The molecule has 0 aliphatic heterocycles. The van der Waals surface area contributed by atoms with E-state index in [-0.39, 0.29) is 0 Å². The lowest BCUT2D eigenvalue weighted by Gasteiger charge is -2.36. The third-order valence-electron chi connectivity index (χ3n) is 3.78. The van der Waals surface area contributed by atoms with Crippen LogP contribution in [0.4, 0.5) is 0 Å². The van der Waals surface area contributed by atoms with Crippen molar-refractivity contribution in [3.8, 4) is 0 Å². The lowest BCUT2D eigenvalue weighted by atomic mass is 9.89. The number of unbranched alkanes of at least 4 members (excludes halogenated alkanes) is 1. The van der Waals surface area contributed by atoms with Crippen LogP contribution in [0.2, 0.25) is 5.15 Å². The number of rotatable bonds is 5. The zero-order valence-corrected chi connectivity index (χ0v) is 11.8. The molecular weight excluding hydrogens is 262 g/mol. The van der Waals surface area contributed by atoms with Gasteiger partial charge in [0, 0.05) is 18.8 Å². The Morgan fingerprint density at radius 1 is 1.42 bits per heavy atom. The van der Waals surface area contributed by atoms with Gasteiger partial charge in [-0.2, -0.15) is 0 Å². The van der Waals surface area contributed by atoms with Crippen LogP contribution in [0.3, 0.4) is 0 Å². The third-order valence-corrected chi connectivity index (χ3v) is 4.08. The van der Waals surface area contributed by atoms with Crippen LogP contribution in [-0.4, -0.2) is 27.2 Å². The van der Waals surface area contributed by atoms with Gasteiger partial charge in [0.15, 0.2) is 0 Å². The molecule has 3 rings (SSSR count). The SMILES string of the molecule is CCCCOC1CC(n2ccc3c(Cl)ncnc32)C1. The Bertz CT molecular complexity index is 563. The molecule has 0 radical (unpaired) electrons. The van der Waals surface area contributed by atoms with Crippen LogP contribution >= 0.6 is 11.6 Å². The molecule has 0 N–H and O–H groups in total. The van der Waals surface area contributed by atoms with Gasteiger partial charge in [-0.1, -0.05) is 24.9 Å². The van der Waals surface area contributed by atoms with Crippen molar-refractivity contribution in [1.82, 2.24) is 14.5 Å². The summed E-state index contributed by atoms with van der Waals surface area (Å²) in [6.07, 6.45) is 8.45. The number of halogens is 1. The molecule has 2 heterocycles. The summed E-state index contributed by atoms with van der Waals surface area (Å²) in [7, 11) is 0. The summed E-state index contributed by atoms with van der Waals surface area (Å²) < 4.78 is 8.01. The first-order valence-corrected chi connectivity index (χ1v) is 7.26. The average Bonchev–Trinajstić information content (AvgIpc) is 2.77. The molecule has 102 valence electrons. The zero-order valence-electron chi connectivity index (χ0n) is 11.1. The number of hydrogen-bond acceptors (Lipinski definition) is 3. The van der Waals surface area contributed by atoms with Gasteiger partial charge >= 0.3 is 0 Å². The quantitative estimate of drug-likeness (QED) is 0.620. The minimum atomic E-state index is 0.409. The predicted molar refractivity (Wildman–Crippen MR) is 75.5 cm³/mol. The Labute approximate surface area is 117 Å². The van der Waals surface area contributed by atoms with E-state index in [2.05, 4.69) is 27.7 Å². The van der Waals surface area contributed by atoms with Crippen molar-refractivity contribution in [3.05, 3.63) is 23.7 Å². The van der Waals surface area contributed by atoms with Gasteiger partial charge in [0.1, 0.15) is 17.1 Å². The highest BCUT2D eigenvalue weighted by atomic mass is 35.5. The first-order valence-electron chi connectivity index (χ1n) is 6.88. The van der Waals surface area contributed by atoms with Gasteiger partial charge < -0.3 is 9.30 Å². The van der Waals surface area contributed by atoms with Crippen LogP contribution in [0.15, 0.2) is 18.6 Å². The van der Waals surface area contributed by atoms with Gasteiger partial charge in [0.2, 0.25) is 0 Å². The Morgan fingerprint density at radius 2 is 2.26 bits per heavy atom. The Kier molecular flexibility index (Phi) is 3.71. The van der Waals surface area contributed by atoms with Crippen molar-refractivity contribution in [3.63, 3.8) is 0 Å². The van der Waals surface area contributed by atoms with Gasteiger partial charge in [-0.25, -0.2) is 9.97 Å². The van der Waals surface area contributed by atoms with Crippen molar-refractivity contribution >= 4 is 22.6 Å². The van der Waals surface area contributed by atoms with Crippen molar-refractivity contribution in [2.75, 3.05) is 6.61 Å². The third kappa shape index (κ3) is 2.47. The Morgan fingerprint density at radius 3 is 3.05 bits per heavy atom. The number of ether oxygens (including phenoxy) is 1. The van der Waals surface area contributed by atoms with Crippen molar-refractivity contribution in [2.45, 2.75) is 44.8 Å². The van der Waals surface area contributed by atoms with E-state index in [1.165, 1.54) is 12.7 Å². The van der Waals surface area contributed by atoms with Crippen LogP contribution in [0.1, 0.15) is 38.6 Å². The molecule has 0 unspecified atom stereocenters. The molecule has 4 nitrogen and oxygen atoms in total. The van der Waals surface area contributed by atoms with Crippen molar-refractivity contribution in [1.29, 1.82) is 0 Å². The summed E-state index contributed by atoms with van der Waals surface area (Å²) in [4.78, 5) is 8.34. The lowest BCUT2D eigenvalue weighted by molar-refractivity contribution is -0.0259. The molecule has 0 atom stereocenters. The minimum Gasteiger partial charge on any atom is -0.378 e. The summed E-state index contributed by atoms with van der Waals surface area (Å²) in [5.41, 5.74) is 0.928. The number of nitrogens with zero attached hydrogens (tertiary/aromatic N) is 3. The second kappa shape index (κ2) is 5.47. The van der Waals surface area contributed by atoms with Crippen LogP contribution in [0, 0.1) is 0 Å². The van der Waals surface area contributed by atoms with E-state index >= 15 is 0 Å². The van der Waals surface area contributed by atoms with E-state index in [1.807, 2.05) is 6.07 Å². The Balaban J connectivity index is 1.66. The number of aromatic nitrogens is 3. The van der Waals surface area contributed by atoms with Gasteiger partial charge in [-0.05, 0) is 25.3 Å². The average molecular weight is 280 g/mol. The summed E-state index contributed by atoms with van der Waals surface area (Å²) in [5, 5.41) is 1.46. The van der Waals surface area contributed by atoms with Gasteiger partial charge in [-0.3, -0.25) is 0 Å². The lowest BCUT2D eigenvalue weighted by Crippen LogP contribution is -2.33. The normalized spacial score (nSPS) is 22.6. The van der Waals surface area contributed by atoms with E-state index < -0.39 is 0 Å². The number of hydrogen-bond donors (Lipinski definition) is 0.